The van der Waals surface area contributed by atoms with Crippen LogP contribution < -0.4 is 0 Å². The molecule has 35 heavy (non-hydrogen) atoms. The van der Waals surface area contributed by atoms with Gasteiger partial charge >= 0.3 is 0 Å². The highest BCUT2D eigenvalue weighted by atomic mass is 32.2. The zero-order valence-corrected chi connectivity index (χ0v) is 20.6. The highest BCUT2D eigenvalue weighted by Crippen LogP contribution is 2.28. The van der Waals surface area contributed by atoms with E-state index in [1.165, 1.54) is 22.5 Å². The van der Waals surface area contributed by atoms with Crippen LogP contribution >= 0.6 is 0 Å². The van der Waals surface area contributed by atoms with Crippen LogP contribution in [-0.2, 0) is 14.8 Å². The lowest BCUT2D eigenvalue weighted by Crippen LogP contribution is -2.50. The van der Waals surface area contributed by atoms with Crippen molar-refractivity contribution in [2.45, 2.75) is 24.0 Å². The van der Waals surface area contributed by atoms with Crippen LogP contribution in [0.5, 0.6) is 0 Å². The second-order valence-corrected chi connectivity index (χ2v) is 10.7. The second kappa shape index (κ2) is 11.4. The molecular weight excluding hydrogens is 467 g/mol. The minimum Gasteiger partial charge on any atom is -0.389 e. The molecule has 1 fully saturated rings. The Bertz CT molecular complexity index is 1210. The van der Waals surface area contributed by atoms with Crippen LogP contribution in [0.1, 0.15) is 22.8 Å². The summed E-state index contributed by atoms with van der Waals surface area (Å²) in [5.41, 5.74) is 3.19. The Labute approximate surface area is 206 Å². The normalized spacial score (nSPS) is 17.2. The van der Waals surface area contributed by atoms with Crippen molar-refractivity contribution < 1.29 is 22.7 Å². The molecular formula is C27H31FN2O4S. The van der Waals surface area contributed by atoms with Gasteiger partial charge in [-0.2, -0.15) is 4.31 Å². The summed E-state index contributed by atoms with van der Waals surface area (Å²) in [6.45, 7) is 4.09. The Morgan fingerprint density at radius 2 is 1.63 bits per heavy atom. The van der Waals surface area contributed by atoms with Crippen LogP contribution in [0.25, 0.3) is 0 Å². The molecule has 0 amide bonds. The average molecular weight is 499 g/mol. The minimum atomic E-state index is -3.74. The van der Waals surface area contributed by atoms with Crippen molar-refractivity contribution >= 4 is 10.0 Å². The van der Waals surface area contributed by atoms with Gasteiger partial charge in [-0.25, -0.2) is 12.8 Å². The summed E-state index contributed by atoms with van der Waals surface area (Å²) < 4.78 is 46.7. The Hall–Kier alpha value is -2.62. The predicted molar refractivity (Wildman–Crippen MR) is 133 cm³/mol. The summed E-state index contributed by atoms with van der Waals surface area (Å²) in [5, 5.41) is 10.7. The molecule has 186 valence electrons. The molecule has 0 spiro atoms. The lowest BCUT2D eigenvalue weighted by Gasteiger charge is -2.35. The first-order valence-corrected chi connectivity index (χ1v) is 13.2. The number of halogens is 1. The van der Waals surface area contributed by atoms with Gasteiger partial charge in [0.05, 0.1) is 17.6 Å². The molecule has 0 radical (unpaired) electrons. The van der Waals surface area contributed by atoms with Gasteiger partial charge in [0.2, 0.25) is 10.0 Å². The zero-order chi connectivity index (χ0) is 24.8. The number of hydrogen-bond acceptors (Lipinski definition) is 5. The third-order valence-corrected chi connectivity index (χ3v) is 8.16. The van der Waals surface area contributed by atoms with Crippen LogP contribution in [0.4, 0.5) is 4.39 Å². The van der Waals surface area contributed by atoms with Crippen LogP contribution in [-0.4, -0.2) is 68.2 Å². The van der Waals surface area contributed by atoms with Gasteiger partial charge < -0.3 is 9.84 Å². The lowest BCUT2D eigenvalue weighted by atomic mass is 9.97. The van der Waals surface area contributed by atoms with Gasteiger partial charge in [-0.05, 0) is 41.8 Å². The van der Waals surface area contributed by atoms with Crippen LogP contribution in [0.3, 0.4) is 0 Å². The zero-order valence-electron chi connectivity index (χ0n) is 19.8. The van der Waals surface area contributed by atoms with E-state index in [1.54, 1.807) is 0 Å². The van der Waals surface area contributed by atoms with Gasteiger partial charge in [0.1, 0.15) is 11.9 Å². The topological polar surface area (TPSA) is 70.1 Å². The molecule has 2 atom stereocenters. The van der Waals surface area contributed by atoms with Gasteiger partial charge in [-0.15, -0.1) is 0 Å². The van der Waals surface area contributed by atoms with Crippen molar-refractivity contribution in [3.05, 3.63) is 101 Å². The number of sulfonamides is 1. The summed E-state index contributed by atoms with van der Waals surface area (Å²) in [4.78, 5) is 1.99. The van der Waals surface area contributed by atoms with Gasteiger partial charge in [0, 0.05) is 32.7 Å². The van der Waals surface area contributed by atoms with Crippen molar-refractivity contribution in [2.75, 3.05) is 39.3 Å². The van der Waals surface area contributed by atoms with E-state index in [0.717, 1.165) is 22.8 Å². The monoisotopic (exact) mass is 498 g/mol. The summed E-state index contributed by atoms with van der Waals surface area (Å²) in [7, 11) is -3.74. The quantitative estimate of drug-likeness (QED) is 0.488. The van der Waals surface area contributed by atoms with Gasteiger partial charge in [-0.3, -0.25) is 4.90 Å². The molecule has 6 nitrogen and oxygen atoms in total. The van der Waals surface area contributed by atoms with Crippen LogP contribution in [0.15, 0.2) is 83.8 Å². The maximum Gasteiger partial charge on any atom is 0.243 e. The van der Waals surface area contributed by atoms with Crippen molar-refractivity contribution in [3.8, 4) is 0 Å². The smallest absolute Gasteiger partial charge is 0.243 e. The summed E-state index contributed by atoms with van der Waals surface area (Å²) in [6.07, 6.45) is -1.02. The molecule has 0 aromatic heterocycles. The largest absolute Gasteiger partial charge is 0.389 e. The van der Waals surface area contributed by atoms with E-state index in [9.17, 15) is 17.9 Å². The molecule has 3 aromatic carbocycles. The molecule has 3 aromatic rings. The van der Waals surface area contributed by atoms with E-state index in [1.807, 2.05) is 66.4 Å². The first-order chi connectivity index (χ1) is 16.8. The average Bonchev–Trinajstić information content (AvgIpc) is 2.86. The standard InChI is InChI=1S/C27H31FN2O4S/c1-21-8-5-6-13-26(21)27(22-9-3-2-4-10-22)34-20-24(31)19-29-14-16-30(17-15-29)35(32,33)25-12-7-11-23(28)18-25/h2-13,18,24,27,31H,14-17,19-20H2,1H3. The number of aliphatic hydroxyl groups excluding tert-OH is 1. The number of aryl methyl sites for hydroxylation is 1. The van der Waals surface area contributed by atoms with Crippen LogP contribution in [0, 0.1) is 12.7 Å². The Balaban J connectivity index is 1.33. The Morgan fingerprint density at radius 1 is 0.943 bits per heavy atom. The molecule has 4 rings (SSSR count). The molecule has 1 heterocycles. The SMILES string of the molecule is Cc1ccccc1C(OCC(O)CN1CCN(S(=O)(=O)c2cccc(F)c2)CC1)c1ccccc1. The second-order valence-electron chi connectivity index (χ2n) is 8.80. The molecule has 0 aliphatic carbocycles. The number of hydrogen-bond donors (Lipinski definition) is 1. The summed E-state index contributed by atoms with van der Waals surface area (Å²) in [5.74, 6) is -0.577. The van der Waals surface area contributed by atoms with Crippen LogP contribution in [0.2, 0.25) is 0 Å². The first-order valence-electron chi connectivity index (χ1n) is 11.7. The fourth-order valence-electron chi connectivity index (χ4n) is 4.36. The van der Waals surface area contributed by atoms with Crippen molar-refractivity contribution in [1.82, 2.24) is 9.21 Å². The number of piperazine rings is 1. The van der Waals surface area contributed by atoms with Crippen molar-refractivity contribution in [2.24, 2.45) is 0 Å². The molecule has 0 saturated carbocycles. The molecule has 1 saturated heterocycles. The van der Waals surface area contributed by atoms with E-state index < -0.39 is 21.9 Å². The molecule has 2 unspecified atom stereocenters. The van der Waals surface area contributed by atoms with Gasteiger partial charge in [0.25, 0.3) is 0 Å². The van der Waals surface area contributed by atoms with Crippen molar-refractivity contribution in [3.63, 3.8) is 0 Å². The number of aliphatic hydroxyl groups is 1. The van der Waals surface area contributed by atoms with E-state index in [4.69, 9.17) is 4.74 Å². The molecule has 1 aliphatic heterocycles. The van der Waals surface area contributed by atoms with E-state index >= 15 is 0 Å². The maximum atomic E-state index is 13.5. The van der Waals surface area contributed by atoms with Gasteiger partial charge in [0.15, 0.2) is 0 Å². The molecule has 0 bridgehead atoms. The number of benzene rings is 3. The van der Waals surface area contributed by atoms with E-state index in [0.29, 0.717) is 19.6 Å². The highest BCUT2D eigenvalue weighted by molar-refractivity contribution is 7.89. The third-order valence-electron chi connectivity index (χ3n) is 6.26. The lowest BCUT2D eigenvalue weighted by molar-refractivity contribution is -0.0118. The van der Waals surface area contributed by atoms with E-state index in [2.05, 4.69) is 0 Å². The predicted octanol–water partition coefficient (Wildman–Crippen LogP) is 3.61. The van der Waals surface area contributed by atoms with Crippen molar-refractivity contribution in [1.29, 1.82) is 0 Å². The highest BCUT2D eigenvalue weighted by Gasteiger charge is 2.29. The summed E-state index contributed by atoms with van der Waals surface area (Å²) >= 11 is 0. The minimum absolute atomic E-state index is 0.0393. The third kappa shape index (κ3) is 6.34. The van der Waals surface area contributed by atoms with Gasteiger partial charge in [-0.1, -0.05) is 60.7 Å². The maximum absolute atomic E-state index is 13.5. The number of ether oxygens (including phenoxy) is 1. The number of nitrogens with zero attached hydrogens (tertiary/aromatic N) is 2. The first kappa shape index (κ1) is 25.5. The fraction of sp³-hybridized carbons (Fsp3) is 0.333. The Kier molecular flexibility index (Phi) is 8.30. The Morgan fingerprint density at radius 3 is 2.31 bits per heavy atom. The van der Waals surface area contributed by atoms with E-state index in [-0.39, 0.29) is 30.7 Å². The number of rotatable bonds is 9. The molecule has 8 heteroatoms. The number of β-amino-alcohol motifs (C(OH)–C–C–N with tert-alkyl or cyclic N) is 1. The fourth-order valence-corrected chi connectivity index (χ4v) is 5.82. The molecule has 1 aliphatic rings. The molecule has 1 N–H and O–H groups in total. The summed E-state index contributed by atoms with van der Waals surface area (Å²) in [6, 6.07) is 23.1.